The van der Waals surface area contributed by atoms with E-state index in [2.05, 4.69) is 37.9 Å². The molecule has 0 heterocycles. The van der Waals surface area contributed by atoms with Crippen molar-refractivity contribution in [3.05, 3.63) is 30.3 Å². The zero-order chi connectivity index (χ0) is 17.2. The van der Waals surface area contributed by atoms with Crippen molar-refractivity contribution in [2.75, 3.05) is 31.6 Å². The van der Waals surface area contributed by atoms with E-state index >= 15 is 0 Å². The van der Waals surface area contributed by atoms with Crippen LogP contribution in [0, 0.1) is 11.8 Å². The molecule has 2 N–H and O–H groups in total. The minimum absolute atomic E-state index is 0.00857. The number of amides is 1. The smallest absolute Gasteiger partial charge is 0.411 e. The summed E-state index contributed by atoms with van der Waals surface area (Å²) in [4.78, 5) is 13.9. The molecule has 1 atom stereocenters. The average molecular weight is 322 g/mol. The van der Waals surface area contributed by atoms with Crippen LogP contribution in [-0.4, -0.2) is 48.4 Å². The lowest BCUT2D eigenvalue weighted by Gasteiger charge is -2.28. The highest BCUT2D eigenvalue weighted by Gasteiger charge is 2.16. The third-order valence-corrected chi connectivity index (χ3v) is 3.14. The summed E-state index contributed by atoms with van der Waals surface area (Å²) in [6, 6.07) is 9.11. The number of carbonyl (C=O) groups excluding carboxylic acids is 1. The first-order chi connectivity index (χ1) is 10.9. The molecule has 0 aromatic heterocycles. The van der Waals surface area contributed by atoms with Crippen LogP contribution in [0.25, 0.3) is 0 Å². The maximum absolute atomic E-state index is 11.7. The molecule has 0 fully saturated rings. The van der Waals surface area contributed by atoms with Gasteiger partial charge in [0.05, 0.1) is 0 Å². The molecule has 5 nitrogen and oxygen atoms in total. The van der Waals surface area contributed by atoms with E-state index in [0.717, 1.165) is 13.1 Å². The van der Waals surface area contributed by atoms with Crippen molar-refractivity contribution in [3.63, 3.8) is 0 Å². The largest absolute Gasteiger partial charge is 0.447 e. The molecule has 5 heteroatoms. The normalized spacial score (nSPS) is 12.7. The lowest BCUT2D eigenvalue weighted by atomic mass is 10.1. The first-order valence-electron chi connectivity index (χ1n) is 8.26. The number of para-hydroxylation sites is 1. The van der Waals surface area contributed by atoms with Gasteiger partial charge in [-0.05, 0) is 24.0 Å². The highest BCUT2D eigenvalue weighted by molar-refractivity contribution is 5.84. The summed E-state index contributed by atoms with van der Waals surface area (Å²) in [6.07, 6.45) is -1.23. The molecule has 0 saturated heterocycles. The first-order valence-corrected chi connectivity index (χ1v) is 8.26. The molecule has 1 aromatic rings. The van der Waals surface area contributed by atoms with E-state index in [4.69, 9.17) is 4.74 Å². The SMILES string of the molecule is CC(C)CN(CC(C)C)CC(O)COC(=O)Nc1ccccc1. The summed E-state index contributed by atoms with van der Waals surface area (Å²) in [6.45, 7) is 11.0. The van der Waals surface area contributed by atoms with Crippen LogP contribution in [-0.2, 0) is 4.74 Å². The molecule has 0 aliphatic rings. The number of nitrogens with zero attached hydrogens (tertiary/aromatic N) is 1. The highest BCUT2D eigenvalue weighted by atomic mass is 16.6. The Bertz CT molecular complexity index is 439. The molecule has 0 aliphatic carbocycles. The second kappa shape index (κ2) is 10.2. The van der Waals surface area contributed by atoms with Crippen LogP contribution in [0.4, 0.5) is 10.5 Å². The fraction of sp³-hybridized carbons (Fsp3) is 0.611. The molecule has 1 aromatic carbocycles. The minimum Gasteiger partial charge on any atom is -0.447 e. The minimum atomic E-state index is -0.686. The van der Waals surface area contributed by atoms with E-state index in [1.807, 2.05) is 18.2 Å². The third kappa shape index (κ3) is 9.21. The van der Waals surface area contributed by atoms with Gasteiger partial charge in [-0.1, -0.05) is 45.9 Å². The number of hydrogen-bond acceptors (Lipinski definition) is 4. The monoisotopic (exact) mass is 322 g/mol. The van der Waals surface area contributed by atoms with Gasteiger partial charge in [0.1, 0.15) is 12.7 Å². The number of nitrogens with one attached hydrogen (secondary N) is 1. The van der Waals surface area contributed by atoms with Gasteiger partial charge in [-0.2, -0.15) is 0 Å². The van der Waals surface area contributed by atoms with Crippen molar-refractivity contribution in [3.8, 4) is 0 Å². The van der Waals surface area contributed by atoms with E-state index in [-0.39, 0.29) is 6.61 Å². The molecule has 0 spiro atoms. The van der Waals surface area contributed by atoms with Gasteiger partial charge in [0.15, 0.2) is 0 Å². The van der Waals surface area contributed by atoms with Crippen LogP contribution >= 0.6 is 0 Å². The Morgan fingerprint density at radius 3 is 2.17 bits per heavy atom. The zero-order valence-corrected chi connectivity index (χ0v) is 14.7. The molecule has 0 bridgehead atoms. The molecule has 0 aliphatic heterocycles. The van der Waals surface area contributed by atoms with Crippen molar-refractivity contribution in [1.29, 1.82) is 0 Å². The standard InChI is InChI=1S/C18H30N2O3/c1-14(2)10-20(11-15(3)4)12-17(21)13-23-18(22)19-16-8-6-5-7-9-16/h5-9,14-15,17,21H,10-13H2,1-4H3,(H,19,22). The first kappa shape index (κ1) is 19.5. The fourth-order valence-electron chi connectivity index (χ4n) is 2.45. The lowest BCUT2D eigenvalue weighted by molar-refractivity contribution is 0.0425. The summed E-state index contributed by atoms with van der Waals surface area (Å²) in [7, 11) is 0. The van der Waals surface area contributed by atoms with Gasteiger partial charge in [0.25, 0.3) is 0 Å². The van der Waals surface area contributed by atoms with Crippen molar-refractivity contribution < 1.29 is 14.6 Å². The average Bonchev–Trinajstić information content (AvgIpc) is 2.44. The van der Waals surface area contributed by atoms with Crippen molar-refractivity contribution >= 4 is 11.8 Å². The van der Waals surface area contributed by atoms with Crippen molar-refractivity contribution in [1.82, 2.24) is 4.90 Å². The number of rotatable bonds is 9. The molecule has 23 heavy (non-hydrogen) atoms. The number of ether oxygens (including phenoxy) is 1. The van der Waals surface area contributed by atoms with E-state index in [0.29, 0.717) is 24.1 Å². The van der Waals surface area contributed by atoms with Crippen molar-refractivity contribution in [2.24, 2.45) is 11.8 Å². The predicted molar refractivity (Wildman–Crippen MR) is 93.5 cm³/mol. The maximum Gasteiger partial charge on any atom is 0.411 e. The van der Waals surface area contributed by atoms with Gasteiger partial charge in [-0.15, -0.1) is 0 Å². The third-order valence-electron chi connectivity index (χ3n) is 3.14. The Kier molecular flexibility index (Phi) is 8.66. The molecule has 1 amide bonds. The second-order valence-corrected chi connectivity index (χ2v) is 6.75. The van der Waals surface area contributed by atoms with Crippen LogP contribution in [0.1, 0.15) is 27.7 Å². The number of anilines is 1. The fourth-order valence-corrected chi connectivity index (χ4v) is 2.45. The zero-order valence-electron chi connectivity index (χ0n) is 14.7. The Morgan fingerprint density at radius 1 is 1.09 bits per heavy atom. The highest BCUT2D eigenvalue weighted by Crippen LogP contribution is 2.07. The van der Waals surface area contributed by atoms with Crippen LogP contribution in [0.5, 0.6) is 0 Å². The lowest BCUT2D eigenvalue weighted by Crippen LogP contribution is -2.39. The summed E-state index contributed by atoms with van der Waals surface area (Å²) in [5.74, 6) is 1.06. The molecule has 1 rings (SSSR count). The Hall–Kier alpha value is -1.59. The molecule has 130 valence electrons. The Morgan fingerprint density at radius 2 is 1.65 bits per heavy atom. The van der Waals surface area contributed by atoms with Gasteiger partial charge in [0.2, 0.25) is 0 Å². The molecular formula is C18H30N2O3. The van der Waals surface area contributed by atoms with Gasteiger partial charge in [0, 0.05) is 25.3 Å². The van der Waals surface area contributed by atoms with Gasteiger partial charge in [-0.25, -0.2) is 4.79 Å². The number of hydrogen-bond donors (Lipinski definition) is 2. The predicted octanol–water partition coefficient (Wildman–Crippen LogP) is 3.21. The number of aliphatic hydroxyl groups is 1. The number of aliphatic hydroxyl groups excluding tert-OH is 1. The maximum atomic E-state index is 11.7. The number of carbonyl (C=O) groups is 1. The summed E-state index contributed by atoms with van der Waals surface area (Å²) < 4.78 is 5.09. The Balaban J connectivity index is 2.35. The van der Waals surface area contributed by atoms with Crippen LogP contribution in [0.2, 0.25) is 0 Å². The van der Waals surface area contributed by atoms with Gasteiger partial charge in [-0.3, -0.25) is 5.32 Å². The quantitative estimate of drug-likeness (QED) is 0.733. The number of benzene rings is 1. The summed E-state index contributed by atoms with van der Waals surface area (Å²) >= 11 is 0. The van der Waals surface area contributed by atoms with Crippen molar-refractivity contribution in [2.45, 2.75) is 33.8 Å². The van der Waals surface area contributed by atoms with E-state index in [9.17, 15) is 9.90 Å². The van der Waals surface area contributed by atoms with Crippen LogP contribution < -0.4 is 5.32 Å². The van der Waals surface area contributed by atoms with Crippen LogP contribution in [0.3, 0.4) is 0 Å². The molecular weight excluding hydrogens is 292 g/mol. The summed E-state index contributed by atoms with van der Waals surface area (Å²) in [5.41, 5.74) is 0.674. The Labute approximate surface area is 139 Å². The summed E-state index contributed by atoms with van der Waals surface area (Å²) in [5, 5.41) is 12.7. The topological polar surface area (TPSA) is 61.8 Å². The van der Waals surface area contributed by atoms with E-state index in [1.165, 1.54) is 0 Å². The van der Waals surface area contributed by atoms with E-state index in [1.54, 1.807) is 12.1 Å². The molecule has 0 radical (unpaired) electrons. The van der Waals surface area contributed by atoms with Crippen LogP contribution in [0.15, 0.2) is 30.3 Å². The molecule has 0 saturated carbocycles. The second-order valence-electron chi connectivity index (χ2n) is 6.75. The van der Waals surface area contributed by atoms with Gasteiger partial charge >= 0.3 is 6.09 Å². The van der Waals surface area contributed by atoms with Gasteiger partial charge < -0.3 is 14.7 Å². The van der Waals surface area contributed by atoms with E-state index < -0.39 is 12.2 Å². The molecule has 1 unspecified atom stereocenters.